The second-order valence-electron chi connectivity index (χ2n) is 6.86. The number of aromatic hydroxyl groups is 1. The molecule has 1 amide bonds. The van der Waals surface area contributed by atoms with Crippen LogP contribution in [0.4, 0.5) is 5.00 Å². The van der Waals surface area contributed by atoms with Crippen molar-refractivity contribution in [3.8, 4) is 34.4 Å². The quantitative estimate of drug-likeness (QED) is 0.270. The number of benzene rings is 2. The number of nitriles is 1. The lowest BCUT2D eigenvalue weighted by molar-refractivity contribution is -0.112. The summed E-state index contributed by atoms with van der Waals surface area (Å²) in [5, 5.41) is 24.0. The van der Waals surface area contributed by atoms with Crippen LogP contribution in [-0.2, 0) is 9.53 Å². The molecule has 0 radical (unpaired) electrons. The number of nitrogens with zero attached hydrogens (tertiary/aromatic N) is 1. The summed E-state index contributed by atoms with van der Waals surface area (Å²) in [5.41, 5.74) is 1.83. The van der Waals surface area contributed by atoms with Crippen molar-refractivity contribution in [2.75, 3.05) is 26.1 Å². The molecule has 0 unspecified atom stereocenters. The van der Waals surface area contributed by atoms with Gasteiger partial charge in [0.15, 0.2) is 11.5 Å². The van der Waals surface area contributed by atoms with Crippen molar-refractivity contribution in [3.63, 3.8) is 0 Å². The van der Waals surface area contributed by atoms with Crippen molar-refractivity contribution in [2.24, 2.45) is 0 Å². The summed E-state index contributed by atoms with van der Waals surface area (Å²) in [7, 11) is 2.96. The zero-order chi connectivity index (χ0) is 24.7. The largest absolute Gasteiger partial charge is 0.504 e. The van der Waals surface area contributed by atoms with E-state index in [1.165, 1.54) is 25.3 Å². The number of anilines is 1. The van der Waals surface area contributed by atoms with E-state index in [0.29, 0.717) is 16.9 Å². The SMILES string of the molecule is CCOC(=O)c1c(-c2ccc(OC)cc2)csc1NC(=O)/C(C#N)=C/c1ccc(O)c(OC)c1. The molecule has 0 atom stereocenters. The molecule has 0 aliphatic heterocycles. The number of esters is 1. The van der Waals surface area contributed by atoms with Gasteiger partial charge in [-0.1, -0.05) is 18.2 Å². The van der Waals surface area contributed by atoms with Crippen molar-refractivity contribution >= 4 is 34.3 Å². The molecule has 8 nitrogen and oxygen atoms in total. The van der Waals surface area contributed by atoms with Gasteiger partial charge in [-0.05, 0) is 48.4 Å². The van der Waals surface area contributed by atoms with E-state index in [0.717, 1.165) is 16.9 Å². The van der Waals surface area contributed by atoms with Crippen molar-refractivity contribution in [2.45, 2.75) is 6.92 Å². The van der Waals surface area contributed by atoms with Crippen molar-refractivity contribution < 1.29 is 28.9 Å². The Kier molecular flexibility index (Phi) is 7.90. The van der Waals surface area contributed by atoms with Crippen LogP contribution in [0.2, 0.25) is 0 Å². The first kappa shape index (κ1) is 24.4. The molecule has 3 aromatic rings. The Morgan fingerprint density at radius 2 is 1.88 bits per heavy atom. The molecule has 9 heteroatoms. The maximum absolute atomic E-state index is 12.9. The molecule has 0 aliphatic rings. The molecular formula is C25H22N2O6S. The second-order valence-corrected chi connectivity index (χ2v) is 7.74. The molecule has 0 bridgehead atoms. The third-order valence-electron chi connectivity index (χ3n) is 4.78. The van der Waals surface area contributed by atoms with Crippen LogP contribution in [0.15, 0.2) is 53.4 Å². The molecule has 0 fully saturated rings. The fourth-order valence-electron chi connectivity index (χ4n) is 3.11. The van der Waals surface area contributed by atoms with Gasteiger partial charge in [0.2, 0.25) is 0 Å². The van der Waals surface area contributed by atoms with Gasteiger partial charge in [0, 0.05) is 10.9 Å². The lowest BCUT2D eigenvalue weighted by Crippen LogP contribution is -2.16. The molecule has 2 N–H and O–H groups in total. The van der Waals surface area contributed by atoms with Gasteiger partial charge in [0.25, 0.3) is 5.91 Å². The number of amides is 1. The Bertz CT molecular complexity index is 1270. The first-order valence-electron chi connectivity index (χ1n) is 10.1. The normalized spacial score (nSPS) is 10.8. The third-order valence-corrected chi connectivity index (χ3v) is 5.67. The maximum Gasteiger partial charge on any atom is 0.341 e. The summed E-state index contributed by atoms with van der Waals surface area (Å²) in [6.07, 6.45) is 1.36. The molecule has 174 valence electrons. The highest BCUT2D eigenvalue weighted by atomic mass is 32.1. The number of phenolic OH excluding ortho intramolecular Hbond substituents is 1. The van der Waals surface area contributed by atoms with Crippen LogP contribution in [0, 0.1) is 11.3 Å². The smallest absolute Gasteiger partial charge is 0.341 e. The zero-order valence-corrected chi connectivity index (χ0v) is 19.6. The number of carbonyl (C=O) groups excluding carboxylic acids is 2. The van der Waals surface area contributed by atoms with Crippen LogP contribution in [0.1, 0.15) is 22.8 Å². The number of methoxy groups -OCH3 is 2. The first-order chi connectivity index (χ1) is 16.4. The van der Waals surface area contributed by atoms with Crippen LogP contribution in [0.3, 0.4) is 0 Å². The summed E-state index contributed by atoms with van der Waals surface area (Å²) >= 11 is 1.15. The van der Waals surface area contributed by atoms with E-state index in [-0.39, 0.29) is 34.2 Å². The highest BCUT2D eigenvalue weighted by Crippen LogP contribution is 2.37. The van der Waals surface area contributed by atoms with Gasteiger partial charge < -0.3 is 24.6 Å². The highest BCUT2D eigenvalue weighted by Gasteiger charge is 2.24. The molecular weight excluding hydrogens is 456 g/mol. The van der Waals surface area contributed by atoms with Crippen molar-refractivity contribution in [3.05, 3.63) is 64.5 Å². The molecule has 0 spiro atoms. The van der Waals surface area contributed by atoms with E-state index in [1.807, 2.05) is 6.07 Å². The van der Waals surface area contributed by atoms with Gasteiger partial charge in [-0.2, -0.15) is 5.26 Å². The Labute approximate surface area is 200 Å². The van der Waals surface area contributed by atoms with Crippen LogP contribution in [-0.4, -0.2) is 37.8 Å². The number of thiophene rings is 1. The molecule has 2 aromatic carbocycles. The highest BCUT2D eigenvalue weighted by molar-refractivity contribution is 7.15. The molecule has 34 heavy (non-hydrogen) atoms. The number of ether oxygens (including phenoxy) is 3. The van der Waals surface area contributed by atoms with Gasteiger partial charge >= 0.3 is 5.97 Å². The van der Waals surface area contributed by atoms with E-state index >= 15 is 0 Å². The average Bonchev–Trinajstić information content (AvgIpc) is 3.27. The van der Waals surface area contributed by atoms with Crippen LogP contribution >= 0.6 is 11.3 Å². The number of carbonyl (C=O) groups is 2. The molecule has 0 aliphatic carbocycles. The molecule has 0 saturated carbocycles. The van der Waals surface area contributed by atoms with Crippen molar-refractivity contribution in [1.82, 2.24) is 0 Å². The predicted molar refractivity (Wildman–Crippen MR) is 129 cm³/mol. The number of phenols is 1. The van der Waals surface area contributed by atoms with Crippen LogP contribution in [0.25, 0.3) is 17.2 Å². The summed E-state index contributed by atoms with van der Waals surface area (Å²) < 4.78 is 15.5. The Hall–Kier alpha value is -4.29. The summed E-state index contributed by atoms with van der Waals surface area (Å²) in [6.45, 7) is 1.86. The first-order valence-corrected chi connectivity index (χ1v) is 11.0. The Morgan fingerprint density at radius 3 is 2.50 bits per heavy atom. The van der Waals surface area contributed by atoms with Gasteiger partial charge in [-0.15, -0.1) is 11.3 Å². The van der Waals surface area contributed by atoms with E-state index < -0.39 is 11.9 Å². The molecule has 3 rings (SSSR count). The standard InChI is InChI=1S/C25H22N2O6S/c1-4-33-25(30)22-19(16-6-8-18(31-2)9-7-16)14-34-24(22)27-23(29)17(13-26)11-15-5-10-20(28)21(12-15)32-3/h5-12,14,28H,4H2,1-3H3,(H,27,29)/b17-11+. The van der Waals surface area contributed by atoms with E-state index in [1.54, 1.807) is 49.7 Å². The summed E-state index contributed by atoms with van der Waals surface area (Å²) in [4.78, 5) is 25.6. The average molecular weight is 479 g/mol. The minimum atomic E-state index is -0.691. The van der Waals surface area contributed by atoms with Gasteiger partial charge in [0.1, 0.15) is 28.0 Å². The zero-order valence-electron chi connectivity index (χ0n) is 18.7. The molecule has 1 heterocycles. The van der Waals surface area contributed by atoms with E-state index in [2.05, 4.69) is 5.32 Å². The molecule has 0 saturated heterocycles. The third kappa shape index (κ3) is 5.36. The Morgan fingerprint density at radius 1 is 1.15 bits per heavy atom. The van der Waals surface area contributed by atoms with E-state index in [4.69, 9.17) is 14.2 Å². The lowest BCUT2D eigenvalue weighted by atomic mass is 10.0. The van der Waals surface area contributed by atoms with Gasteiger partial charge in [0.05, 0.1) is 20.8 Å². The number of hydrogen-bond acceptors (Lipinski definition) is 8. The fourth-order valence-corrected chi connectivity index (χ4v) is 4.06. The predicted octanol–water partition coefficient (Wildman–Crippen LogP) is 4.86. The van der Waals surface area contributed by atoms with Gasteiger partial charge in [-0.3, -0.25) is 4.79 Å². The number of rotatable bonds is 8. The topological polar surface area (TPSA) is 118 Å². The van der Waals surface area contributed by atoms with Crippen LogP contribution in [0.5, 0.6) is 17.2 Å². The summed E-state index contributed by atoms with van der Waals surface area (Å²) in [6, 6.07) is 13.4. The second kappa shape index (κ2) is 11.0. The monoisotopic (exact) mass is 478 g/mol. The minimum absolute atomic E-state index is 0.0636. The maximum atomic E-state index is 12.9. The van der Waals surface area contributed by atoms with Crippen LogP contribution < -0.4 is 14.8 Å². The van der Waals surface area contributed by atoms with E-state index in [9.17, 15) is 20.0 Å². The van der Waals surface area contributed by atoms with Crippen molar-refractivity contribution in [1.29, 1.82) is 5.26 Å². The van der Waals surface area contributed by atoms with Gasteiger partial charge in [-0.25, -0.2) is 4.79 Å². The fraction of sp³-hybridized carbons (Fsp3) is 0.160. The Balaban J connectivity index is 1.95. The number of nitrogens with one attached hydrogen (secondary N) is 1. The number of hydrogen-bond donors (Lipinski definition) is 2. The summed E-state index contributed by atoms with van der Waals surface area (Å²) in [5.74, 6) is -0.469. The molecule has 1 aromatic heterocycles. The minimum Gasteiger partial charge on any atom is -0.504 e. The lowest BCUT2D eigenvalue weighted by Gasteiger charge is -2.09.